The summed E-state index contributed by atoms with van der Waals surface area (Å²) in [5.74, 6) is 0.684. The number of pyridine rings is 1. The van der Waals surface area contributed by atoms with Crippen molar-refractivity contribution in [1.29, 1.82) is 0 Å². The SMILES string of the molecule is Cc1cc(C(C)(C)C)ccc1-c1cc([Si](C)(C)C)c(CC(C)C)c[n+]1C. The van der Waals surface area contributed by atoms with Gasteiger partial charge < -0.3 is 0 Å². The third-order valence-corrected chi connectivity index (χ3v) is 7.24. The Balaban J connectivity index is 2.64. The van der Waals surface area contributed by atoms with E-state index in [1.54, 1.807) is 5.19 Å². The number of benzene rings is 1. The second-order valence-electron chi connectivity index (χ2n) is 10.3. The molecule has 0 aliphatic heterocycles. The second kappa shape index (κ2) is 7.30. The fourth-order valence-electron chi connectivity index (χ4n) is 3.69. The summed E-state index contributed by atoms with van der Waals surface area (Å²) < 4.78 is 2.33. The first kappa shape index (κ1) is 20.9. The van der Waals surface area contributed by atoms with Crippen molar-refractivity contribution < 1.29 is 4.57 Å². The molecule has 2 rings (SSSR count). The molecule has 0 amide bonds. The van der Waals surface area contributed by atoms with Crippen LogP contribution in [0.5, 0.6) is 0 Å². The lowest BCUT2D eigenvalue weighted by Crippen LogP contribution is -2.45. The van der Waals surface area contributed by atoms with Gasteiger partial charge in [-0.05, 0) is 47.1 Å². The van der Waals surface area contributed by atoms with Crippen molar-refractivity contribution in [2.45, 2.75) is 73.0 Å². The quantitative estimate of drug-likeness (QED) is 0.493. The molecule has 0 saturated heterocycles. The molecule has 0 aliphatic carbocycles. The first-order valence-corrected chi connectivity index (χ1v) is 13.4. The lowest BCUT2D eigenvalue weighted by Gasteiger charge is -2.23. The average molecular weight is 369 g/mol. The van der Waals surface area contributed by atoms with E-state index in [1.165, 1.54) is 27.9 Å². The zero-order valence-electron chi connectivity index (χ0n) is 18.6. The highest BCUT2D eigenvalue weighted by Crippen LogP contribution is 2.28. The van der Waals surface area contributed by atoms with Gasteiger partial charge in [0.1, 0.15) is 7.05 Å². The van der Waals surface area contributed by atoms with E-state index in [2.05, 4.69) is 103 Å². The minimum Gasteiger partial charge on any atom is -0.201 e. The minimum absolute atomic E-state index is 0.191. The molecule has 0 atom stereocenters. The lowest BCUT2D eigenvalue weighted by atomic mass is 9.85. The van der Waals surface area contributed by atoms with E-state index >= 15 is 0 Å². The van der Waals surface area contributed by atoms with Crippen LogP contribution in [-0.2, 0) is 18.9 Å². The highest BCUT2D eigenvalue weighted by atomic mass is 28.3. The summed E-state index contributed by atoms with van der Waals surface area (Å²) in [7, 11) is 0.795. The summed E-state index contributed by atoms with van der Waals surface area (Å²) in [5, 5.41) is 1.61. The van der Waals surface area contributed by atoms with Gasteiger partial charge in [-0.3, -0.25) is 0 Å². The fraction of sp³-hybridized carbons (Fsp3) is 0.542. The van der Waals surface area contributed by atoms with Gasteiger partial charge in [0.15, 0.2) is 6.20 Å². The molecular weight excluding hydrogens is 330 g/mol. The van der Waals surface area contributed by atoms with Crippen molar-refractivity contribution in [3.05, 3.63) is 47.2 Å². The van der Waals surface area contributed by atoms with Gasteiger partial charge in [-0.15, -0.1) is 0 Å². The summed E-state index contributed by atoms with van der Waals surface area (Å²) in [4.78, 5) is 0. The topological polar surface area (TPSA) is 3.88 Å². The molecule has 0 saturated carbocycles. The van der Waals surface area contributed by atoms with Crippen molar-refractivity contribution in [3.63, 3.8) is 0 Å². The Hall–Kier alpha value is -1.41. The predicted octanol–water partition coefficient (Wildman–Crippen LogP) is 5.53. The second-order valence-corrected chi connectivity index (χ2v) is 15.4. The van der Waals surface area contributed by atoms with E-state index in [-0.39, 0.29) is 5.41 Å². The van der Waals surface area contributed by atoms with Crippen molar-refractivity contribution in [2.24, 2.45) is 13.0 Å². The van der Waals surface area contributed by atoms with Gasteiger partial charge >= 0.3 is 0 Å². The Labute approximate surface area is 162 Å². The first-order valence-electron chi connectivity index (χ1n) is 9.95. The van der Waals surface area contributed by atoms with Crippen molar-refractivity contribution >= 4 is 13.3 Å². The van der Waals surface area contributed by atoms with Crippen molar-refractivity contribution in [2.75, 3.05) is 0 Å². The molecule has 0 unspecified atom stereocenters. The fourth-order valence-corrected chi connectivity index (χ4v) is 5.39. The minimum atomic E-state index is -1.40. The highest BCUT2D eigenvalue weighted by Gasteiger charge is 2.26. The van der Waals surface area contributed by atoms with Crippen LogP contribution >= 0.6 is 0 Å². The molecule has 1 aromatic carbocycles. The molecule has 1 nitrogen and oxygen atoms in total. The summed E-state index contributed by atoms with van der Waals surface area (Å²) in [6, 6.07) is 9.48. The molecule has 0 N–H and O–H groups in total. The Bertz CT molecular complexity index is 789. The van der Waals surface area contributed by atoms with Crippen LogP contribution in [0.4, 0.5) is 0 Å². The standard InChI is InChI=1S/C24H38NSi/c1-17(2)13-19-16-25(7)22(15-23(19)26(8,9)10)21-12-11-20(14-18(21)3)24(4,5)6/h11-12,14-17H,13H2,1-10H3/q+1. The van der Waals surface area contributed by atoms with Crippen molar-refractivity contribution in [1.82, 2.24) is 0 Å². The number of aromatic nitrogens is 1. The molecule has 0 fully saturated rings. The van der Waals surface area contributed by atoms with E-state index in [9.17, 15) is 0 Å². The van der Waals surface area contributed by atoms with Gasteiger partial charge in [0, 0.05) is 17.2 Å². The van der Waals surface area contributed by atoms with E-state index in [0.717, 1.165) is 6.42 Å². The molecule has 142 valence electrons. The van der Waals surface area contributed by atoms with Crippen molar-refractivity contribution in [3.8, 4) is 11.3 Å². The van der Waals surface area contributed by atoms with E-state index in [0.29, 0.717) is 5.92 Å². The molecule has 2 heteroatoms. The Kier molecular flexibility index (Phi) is 5.87. The van der Waals surface area contributed by atoms with Crippen LogP contribution in [0, 0.1) is 12.8 Å². The van der Waals surface area contributed by atoms with Gasteiger partial charge in [-0.2, -0.15) is 0 Å². The maximum Gasteiger partial charge on any atom is 0.212 e. The smallest absolute Gasteiger partial charge is 0.201 e. The lowest BCUT2D eigenvalue weighted by molar-refractivity contribution is -0.660. The number of aryl methyl sites for hydroxylation is 2. The third kappa shape index (κ3) is 4.65. The van der Waals surface area contributed by atoms with Gasteiger partial charge in [0.25, 0.3) is 0 Å². The van der Waals surface area contributed by atoms with Crippen LogP contribution in [0.25, 0.3) is 11.3 Å². The predicted molar refractivity (Wildman–Crippen MR) is 118 cm³/mol. The Morgan fingerprint density at radius 3 is 2.12 bits per heavy atom. The van der Waals surface area contributed by atoms with Crippen LogP contribution in [-0.4, -0.2) is 8.07 Å². The first-order chi connectivity index (χ1) is 11.8. The molecule has 0 aliphatic rings. The normalized spacial score (nSPS) is 12.7. The molecular formula is C24H38NSi+. The van der Waals surface area contributed by atoms with E-state index in [1.807, 2.05) is 0 Å². The zero-order chi connectivity index (χ0) is 19.9. The van der Waals surface area contributed by atoms with Crippen LogP contribution in [0.2, 0.25) is 19.6 Å². The summed E-state index contributed by atoms with van der Waals surface area (Å²) in [6.45, 7) is 21.1. The van der Waals surface area contributed by atoms with E-state index < -0.39 is 8.07 Å². The molecule has 0 bridgehead atoms. The monoisotopic (exact) mass is 368 g/mol. The average Bonchev–Trinajstić information content (AvgIpc) is 2.45. The number of hydrogen-bond donors (Lipinski definition) is 0. The van der Waals surface area contributed by atoms with Gasteiger partial charge in [-0.25, -0.2) is 4.57 Å². The molecule has 0 spiro atoms. The molecule has 26 heavy (non-hydrogen) atoms. The van der Waals surface area contributed by atoms with Crippen LogP contribution in [0.1, 0.15) is 51.3 Å². The van der Waals surface area contributed by atoms with Gasteiger partial charge in [-0.1, -0.05) is 66.4 Å². The molecule has 2 aromatic rings. The number of nitrogens with zero attached hydrogens (tertiary/aromatic N) is 1. The summed E-state index contributed by atoms with van der Waals surface area (Å²) in [5.41, 5.74) is 7.20. The van der Waals surface area contributed by atoms with Gasteiger partial charge in [0.2, 0.25) is 5.69 Å². The largest absolute Gasteiger partial charge is 0.212 e. The van der Waals surface area contributed by atoms with Crippen LogP contribution in [0.15, 0.2) is 30.5 Å². The Morgan fingerprint density at radius 1 is 1.04 bits per heavy atom. The van der Waals surface area contributed by atoms with Gasteiger partial charge in [0.05, 0.1) is 8.07 Å². The molecule has 1 heterocycles. The number of rotatable bonds is 4. The maximum absolute atomic E-state index is 2.49. The van der Waals surface area contributed by atoms with Crippen LogP contribution < -0.4 is 9.75 Å². The zero-order valence-corrected chi connectivity index (χ0v) is 19.6. The maximum atomic E-state index is 2.49. The molecule has 1 aromatic heterocycles. The van der Waals surface area contributed by atoms with Crippen LogP contribution in [0.3, 0.4) is 0 Å². The third-order valence-electron chi connectivity index (χ3n) is 5.16. The Morgan fingerprint density at radius 2 is 1.65 bits per heavy atom. The summed E-state index contributed by atoms with van der Waals surface area (Å²) in [6.07, 6.45) is 3.55. The van der Waals surface area contributed by atoms with E-state index in [4.69, 9.17) is 0 Å². The number of hydrogen-bond acceptors (Lipinski definition) is 0. The summed E-state index contributed by atoms with van der Waals surface area (Å²) >= 11 is 0. The highest BCUT2D eigenvalue weighted by molar-refractivity contribution is 6.89. The molecule has 0 radical (unpaired) electrons.